The first-order valence-electron chi connectivity index (χ1n) is 6.24. The van der Waals surface area contributed by atoms with E-state index in [0.29, 0.717) is 6.54 Å². The Morgan fingerprint density at radius 2 is 2.24 bits per heavy atom. The topological polar surface area (TPSA) is 73.2 Å². The standard InChI is InChI=1S/C13H16FN3O3S/c1-10(8-17-6-5-15-9-17)16-21(18,19)11-3-4-13(20-2)12(14)7-11/h3-7,9-10,16H,8H2,1-2H3/t10-/m1/s1. The number of hydrogen-bond acceptors (Lipinski definition) is 4. The summed E-state index contributed by atoms with van der Waals surface area (Å²) in [4.78, 5) is 3.74. The maximum absolute atomic E-state index is 13.6. The van der Waals surface area contributed by atoms with Crippen molar-refractivity contribution in [2.45, 2.75) is 24.4 Å². The maximum Gasteiger partial charge on any atom is 0.240 e. The quantitative estimate of drug-likeness (QED) is 0.875. The minimum absolute atomic E-state index is 0.000383. The molecular formula is C13H16FN3O3S. The van der Waals surface area contributed by atoms with Gasteiger partial charge in [0.15, 0.2) is 11.6 Å². The summed E-state index contributed by atoms with van der Waals surface area (Å²) in [5, 5.41) is 0. The first-order chi connectivity index (χ1) is 9.92. The van der Waals surface area contributed by atoms with Gasteiger partial charge in [-0.25, -0.2) is 22.5 Å². The predicted octanol–water partition coefficient (Wildman–Crippen LogP) is 1.40. The average Bonchev–Trinajstić information content (AvgIpc) is 2.90. The molecule has 6 nitrogen and oxygen atoms in total. The Balaban J connectivity index is 2.12. The molecule has 0 spiro atoms. The van der Waals surface area contributed by atoms with Gasteiger partial charge in [0, 0.05) is 25.0 Å². The van der Waals surface area contributed by atoms with Crippen LogP contribution in [0.4, 0.5) is 4.39 Å². The van der Waals surface area contributed by atoms with Crippen LogP contribution < -0.4 is 9.46 Å². The zero-order valence-electron chi connectivity index (χ0n) is 11.7. The molecule has 8 heteroatoms. The fraction of sp³-hybridized carbons (Fsp3) is 0.308. The lowest BCUT2D eigenvalue weighted by Crippen LogP contribution is -2.35. The van der Waals surface area contributed by atoms with Crippen LogP contribution in [0.3, 0.4) is 0 Å². The molecule has 2 aromatic rings. The average molecular weight is 313 g/mol. The molecule has 2 rings (SSSR count). The Hall–Kier alpha value is -1.93. The minimum atomic E-state index is -3.79. The van der Waals surface area contributed by atoms with Gasteiger partial charge in [-0.3, -0.25) is 0 Å². The van der Waals surface area contributed by atoms with E-state index in [1.807, 2.05) is 0 Å². The van der Waals surface area contributed by atoms with Crippen LogP contribution in [0.25, 0.3) is 0 Å². The summed E-state index contributed by atoms with van der Waals surface area (Å²) in [6, 6.07) is 3.15. The molecule has 0 amide bonds. The zero-order valence-corrected chi connectivity index (χ0v) is 12.5. The molecular weight excluding hydrogens is 297 g/mol. The van der Waals surface area contributed by atoms with Crippen molar-refractivity contribution >= 4 is 10.0 Å². The molecule has 0 radical (unpaired) electrons. The summed E-state index contributed by atoms with van der Waals surface area (Å²) in [5.74, 6) is -0.719. The Morgan fingerprint density at radius 1 is 1.48 bits per heavy atom. The number of aromatic nitrogens is 2. The largest absolute Gasteiger partial charge is 0.494 e. The lowest BCUT2D eigenvalue weighted by atomic mass is 10.3. The summed E-state index contributed by atoms with van der Waals surface area (Å²) in [7, 11) is -2.47. The number of hydrogen-bond donors (Lipinski definition) is 1. The predicted molar refractivity (Wildman–Crippen MR) is 75.0 cm³/mol. The second kappa shape index (κ2) is 6.23. The summed E-state index contributed by atoms with van der Waals surface area (Å²) in [6.45, 7) is 2.15. The number of nitrogens with one attached hydrogen (secondary N) is 1. The van der Waals surface area contributed by atoms with Gasteiger partial charge in [-0.1, -0.05) is 0 Å². The number of nitrogens with zero attached hydrogens (tertiary/aromatic N) is 2. The van der Waals surface area contributed by atoms with E-state index in [0.717, 1.165) is 6.07 Å². The molecule has 21 heavy (non-hydrogen) atoms. The highest BCUT2D eigenvalue weighted by molar-refractivity contribution is 7.89. The van der Waals surface area contributed by atoms with E-state index in [2.05, 4.69) is 9.71 Å². The molecule has 1 heterocycles. The van der Waals surface area contributed by atoms with E-state index in [9.17, 15) is 12.8 Å². The molecule has 1 aromatic carbocycles. The van der Waals surface area contributed by atoms with Gasteiger partial charge < -0.3 is 9.30 Å². The highest BCUT2D eigenvalue weighted by Crippen LogP contribution is 2.20. The molecule has 1 aromatic heterocycles. The Labute approximate surface area is 122 Å². The Kier molecular flexibility index (Phi) is 4.59. The monoisotopic (exact) mass is 313 g/mol. The van der Waals surface area contributed by atoms with Crippen LogP contribution in [0.1, 0.15) is 6.92 Å². The second-order valence-electron chi connectivity index (χ2n) is 4.58. The van der Waals surface area contributed by atoms with Crippen molar-refractivity contribution < 1.29 is 17.5 Å². The number of methoxy groups -OCH3 is 1. The zero-order chi connectivity index (χ0) is 15.5. The normalized spacial score (nSPS) is 13.1. The van der Waals surface area contributed by atoms with Crippen molar-refractivity contribution in [2.75, 3.05) is 7.11 Å². The molecule has 114 valence electrons. The number of sulfonamides is 1. The lowest BCUT2D eigenvalue weighted by Gasteiger charge is -2.15. The van der Waals surface area contributed by atoms with E-state index < -0.39 is 15.8 Å². The SMILES string of the molecule is COc1ccc(S(=O)(=O)N[C@H](C)Cn2ccnc2)cc1F. The van der Waals surface area contributed by atoms with E-state index in [1.54, 1.807) is 30.2 Å². The van der Waals surface area contributed by atoms with Gasteiger partial charge in [-0.15, -0.1) is 0 Å². The van der Waals surface area contributed by atoms with Gasteiger partial charge in [0.25, 0.3) is 0 Å². The molecule has 0 aliphatic heterocycles. The number of rotatable bonds is 6. The van der Waals surface area contributed by atoms with Gasteiger partial charge in [0.05, 0.1) is 18.3 Å². The van der Waals surface area contributed by atoms with E-state index >= 15 is 0 Å². The molecule has 0 bridgehead atoms. The van der Waals surface area contributed by atoms with Crippen LogP contribution in [0, 0.1) is 5.82 Å². The van der Waals surface area contributed by atoms with E-state index in [-0.39, 0.29) is 16.7 Å². The van der Waals surface area contributed by atoms with Crippen LogP contribution in [0.5, 0.6) is 5.75 Å². The van der Waals surface area contributed by atoms with Crippen LogP contribution in [0.15, 0.2) is 41.8 Å². The minimum Gasteiger partial charge on any atom is -0.494 e. The van der Waals surface area contributed by atoms with Gasteiger partial charge in [-0.05, 0) is 25.1 Å². The lowest BCUT2D eigenvalue weighted by molar-refractivity contribution is 0.385. The number of benzene rings is 1. The summed E-state index contributed by atoms with van der Waals surface area (Å²) < 4.78 is 47.0. The smallest absolute Gasteiger partial charge is 0.240 e. The van der Waals surface area contributed by atoms with E-state index in [4.69, 9.17) is 4.74 Å². The third-order valence-corrected chi connectivity index (χ3v) is 4.42. The molecule has 0 unspecified atom stereocenters. The van der Waals surface area contributed by atoms with Crippen molar-refractivity contribution in [3.63, 3.8) is 0 Å². The number of ether oxygens (including phenoxy) is 1. The van der Waals surface area contributed by atoms with Crippen molar-refractivity contribution in [1.82, 2.24) is 14.3 Å². The Bertz CT molecular complexity index is 701. The summed E-state index contributed by atoms with van der Waals surface area (Å²) in [5.41, 5.74) is 0. The molecule has 1 atom stereocenters. The molecule has 0 aliphatic carbocycles. The summed E-state index contributed by atoms with van der Waals surface area (Å²) in [6.07, 6.45) is 4.94. The first-order valence-corrected chi connectivity index (χ1v) is 7.72. The fourth-order valence-corrected chi connectivity index (χ4v) is 3.14. The van der Waals surface area contributed by atoms with Crippen LogP contribution in [-0.2, 0) is 16.6 Å². The van der Waals surface area contributed by atoms with Gasteiger partial charge >= 0.3 is 0 Å². The summed E-state index contributed by atoms with van der Waals surface area (Å²) >= 11 is 0. The third kappa shape index (κ3) is 3.79. The maximum atomic E-state index is 13.6. The third-order valence-electron chi connectivity index (χ3n) is 2.83. The number of halogens is 1. The van der Waals surface area contributed by atoms with Crippen molar-refractivity contribution in [3.8, 4) is 5.75 Å². The molecule has 0 fully saturated rings. The van der Waals surface area contributed by atoms with Crippen molar-refractivity contribution in [2.24, 2.45) is 0 Å². The fourth-order valence-electron chi connectivity index (χ4n) is 1.90. The van der Waals surface area contributed by atoms with Gasteiger partial charge in [0.1, 0.15) is 0 Å². The van der Waals surface area contributed by atoms with Crippen LogP contribution in [-0.4, -0.2) is 31.1 Å². The van der Waals surface area contributed by atoms with Gasteiger partial charge in [0.2, 0.25) is 10.0 Å². The number of imidazole rings is 1. The Morgan fingerprint density at radius 3 is 2.81 bits per heavy atom. The van der Waals surface area contributed by atoms with Crippen molar-refractivity contribution in [3.05, 3.63) is 42.7 Å². The van der Waals surface area contributed by atoms with Crippen molar-refractivity contribution in [1.29, 1.82) is 0 Å². The molecule has 1 N–H and O–H groups in total. The molecule has 0 saturated carbocycles. The molecule has 0 aliphatic rings. The molecule has 0 saturated heterocycles. The highest BCUT2D eigenvalue weighted by atomic mass is 32.2. The highest BCUT2D eigenvalue weighted by Gasteiger charge is 2.19. The van der Waals surface area contributed by atoms with Crippen LogP contribution in [0.2, 0.25) is 0 Å². The van der Waals surface area contributed by atoms with Gasteiger partial charge in [-0.2, -0.15) is 0 Å². The second-order valence-corrected chi connectivity index (χ2v) is 6.29. The first kappa shape index (κ1) is 15.5. The van der Waals surface area contributed by atoms with E-state index in [1.165, 1.54) is 19.2 Å². The van der Waals surface area contributed by atoms with Crippen LogP contribution >= 0.6 is 0 Å².